The molecule has 2 aromatic heterocycles. The van der Waals surface area contributed by atoms with Gasteiger partial charge in [0, 0.05) is 45.0 Å². The van der Waals surface area contributed by atoms with Gasteiger partial charge in [-0.2, -0.15) is 4.39 Å². The maximum Gasteiger partial charge on any atom is 0.269 e. The predicted octanol–water partition coefficient (Wildman–Crippen LogP) is 0.413. The van der Waals surface area contributed by atoms with E-state index in [1.54, 1.807) is 4.90 Å². The minimum absolute atomic E-state index is 0.0574. The number of hydrogen-bond acceptors (Lipinski definition) is 8. The van der Waals surface area contributed by atoms with E-state index in [0.29, 0.717) is 29.7 Å². The molecule has 1 fully saturated rings. The number of rotatable bonds is 4. The van der Waals surface area contributed by atoms with Crippen molar-refractivity contribution in [1.29, 1.82) is 0 Å². The minimum atomic E-state index is -2.68. The van der Waals surface area contributed by atoms with E-state index < -0.39 is 34.7 Å². The number of halogens is 2. The average Bonchev–Trinajstić information content (AvgIpc) is 3.35. The second kappa shape index (κ2) is 8.56. The van der Waals surface area contributed by atoms with E-state index >= 15 is 4.39 Å². The number of amides is 1. The lowest BCUT2D eigenvalue weighted by atomic mass is 10.0. The topological polar surface area (TPSA) is 131 Å². The summed E-state index contributed by atoms with van der Waals surface area (Å²) >= 11 is 0. The summed E-state index contributed by atoms with van der Waals surface area (Å²) in [6.45, 7) is 0.817. The van der Waals surface area contributed by atoms with Crippen molar-refractivity contribution in [3.63, 3.8) is 0 Å². The molecule has 2 aliphatic heterocycles. The molecule has 35 heavy (non-hydrogen) atoms. The van der Waals surface area contributed by atoms with Crippen molar-refractivity contribution in [2.24, 2.45) is 0 Å². The number of aromatic nitrogens is 2. The first-order valence-electron chi connectivity index (χ1n) is 11.1. The molecule has 0 unspecified atom stereocenters. The monoisotopic (exact) mass is 487 g/mol. The lowest BCUT2D eigenvalue weighted by molar-refractivity contribution is -0.277. The highest BCUT2D eigenvalue weighted by molar-refractivity contribution is 5.92. The molecule has 12 heteroatoms. The molecule has 4 heterocycles. The number of aromatic amines is 1. The summed E-state index contributed by atoms with van der Waals surface area (Å²) in [6, 6.07) is 5.58. The van der Waals surface area contributed by atoms with Gasteiger partial charge in [0.2, 0.25) is 5.95 Å². The van der Waals surface area contributed by atoms with Gasteiger partial charge in [-0.05, 0) is 24.3 Å². The van der Waals surface area contributed by atoms with Gasteiger partial charge >= 0.3 is 0 Å². The SMILES string of the molecule is CNC(=O)c1ccc(N2CCN(C(O)(O)c3ccc4c5c(c(=O)[nH]c4c3F)CCO5)CC2)c(F)n1. The van der Waals surface area contributed by atoms with Crippen molar-refractivity contribution < 1.29 is 28.5 Å². The number of ether oxygens (including phenoxy) is 1. The number of piperazine rings is 1. The van der Waals surface area contributed by atoms with Crippen LogP contribution in [0.25, 0.3) is 10.9 Å². The zero-order valence-electron chi connectivity index (χ0n) is 18.8. The standard InChI is InChI=1S/C23H23F2N5O5/c1-26-22(32)15-4-5-16(20(25)27-15)29-7-9-30(10-8-29)23(33,34)14-3-2-12-18(17(14)24)28-21(31)13-6-11-35-19(12)13/h2-5,33-34H,6-11H2,1H3,(H,26,32)(H,28,31). The zero-order chi connectivity index (χ0) is 24.9. The Morgan fingerprint density at radius 1 is 1.17 bits per heavy atom. The van der Waals surface area contributed by atoms with Crippen LogP contribution in [0.5, 0.6) is 5.75 Å². The molecule has 0 aliphatic carbocycles. The van der Waals surface area contributed by atoms with E-state index in [-0.39, 0.29) is 43.1 Å². The van der Waals surface area contributed by atoms with Gasteiger partial charge in [-0.3, -0.25) is 9.59 Å². The van der Waals surface area contributed by atoms with Gasteiger partial charge in [-0.25, -0.2) is 14.3 Å². The van der Waals surface area contributed by atoms with Gasteiger partial charge in [0.15, 0.2) is 5.82 Å². The molecule has 184 valence electrons. The number of carbonyl (C=O) groups excluding carboxylic acids is 1. The first-order chi connectivity index (χ1) is 16.7. The highest BCUT2D eigenvalue weighted by atomic mass is 19.1. The largest absolute Gasteiger partial charge is 0.492 e. The quantitative estimate of drug-likeness (QED) is 0.308. The number of anilines is 1. The Labute approximate surface area is 197 Å². The summed E-state index contributed by atoms with van der Waals surface area (Å²) in [5.41, 5.74) is -0.516. The Morgan fingerprint density at radius 3 is 2.60 bits per heavy atom. The second-order valence-corrected chi connectivity index (χ2v) is 8.40. The summed E-state index contributed by atoms with van der Waals surface area (Å²) < 4.78 is 35.4. The Balaban J connectivity index is 1.38. The van der Waals surface area contributed by atoms with Crippen LogP contribution in [-0.2, 0) is 12.3 Å². The number of fused-ring (bicyclic) bond motifs is 3. The lowest BCUT2D eigenvalue weighted by Crippen LogP contribution is -2.56. The molecule has 1 aromatic carbocycles. The van der Waals surface area contributed by atoms with Crippen molar-refractivity contribution >= 4 is 22.5 Å². The molecule has 3 aromatic rings. The molecule has 5 rings (SSSR count). The van der Waals surface area contributed by atoms with E-state index in [4.69, 9.17) is 4.74 Å². The molecule has 1 saturated heterocycles. The van der Waals surface area contributed by atoms with Crippen LogP contribution in [0.4, 0.5) is 14.5 Å². The molecule has 2 aliphatic rings. The summed E-state index contributed by atoms with van der Waals surface area (Å²) in [6.07, 6.45) is 0.419. The van der Waals surface area contributed by atoms with Crippen LogP contribution in [0.3, 0.4) is 0 Å². The van der Waals surface area contributed by atoms with E-state index in [9.17, 15) is 24.2 Å². The number of hydrogen-bond donors (Lipinski definition) is 4. The van der Waals surface area contributed by atoms with Gasteiger partial charge in [-0.1, -0.05) is 0 Å². The highest BCUT2D eigenvalue weighted by Crippen LogP contribution is 2.36. The van der Waals surface area contributed by atoms with Crippen LogP contribution >= 0.6 is 0 Å². The van der Waals surface area contributed by atoms with Crippen LogP contribution in [0.15, 0.2) is 29.1 Å². The van der Waals surface area contributed by atoms with E-state index in [0.717, 1.165) is 0 Å². The number of nitrogens with one attached hydrogen (secondary N) is 2. The van der Waals surface area contributed by atoms with E-state index in [2.05, 4.69) is 15.3 Å². The van der Waals surface area contributed by atoms with Gasteiger partial charge < -0.3 is 30.2 Å². The van der Waals surface area contributed by atoms with E-state index in [1.165, 1.54) is 36.2 Å². The van der Waals surface area contributed by atoms with Crippen molar-refractivity contribution in [2.75, 3.05) is 44.7 Å². The zero-order valence-corrected chi connectivity index (χ0v) is 18.8. The molecule has 0 bridgehead atoms. The minimum Gasteiger partial charge on any atom is -0.492 e. The lowest BCUT2D eigenvalue weighted by Gasteiger charge is -2.42. The number of H-pyrrole nitrogens is 1. The van der Waals surface area contributed by atoms with Crippen LogP contribution in [0, 0.1) is 11.8 Å². The second-order valence-electron chi connectivity index (χ2n) is 8.40. The first-order valence-corrected chi connectivity index (χ1v) is 11.1. The number of nitrogens with zero attached hydrogens (tertiary/aromatic N) is 3. The number of benzene rings is 1. The predicted molar refractivity (Wildman–Crippen MR) is 121 cm³/mol. The summed E-state index contributed by atoms with van der Waals surface area (Å²) in [5, 5.41) is 24.6. The van der Waals surface area contributed by atoms with Gasteiger partial charge in [0.05, 0.1) is 28.9 Å². The van der Waals surface area contributed by atoms with E-state index in [1.807, 2.05) is 0 Å². The van der Waals surface area contributed by atoms with Crippen molar-refractivity contribution in [3.05, 3.63) is 63.2 Å². The molecule has 0 spiro atoms. The smallest absolute Gasteiger partial charge is 0.269 e. The fourth-order valence-corrected chi connectivity index (χ4v) is 4.60. The van der Waals surface area contributed by atoms with Crippen LogP contribution in [0.2, 0.25) is 0 Å². The fraction of sp³-hybridized carbons (Fsp3) is 0.348. The summed E-state index contributed by atoms with van der Waals surface area (Å²) in [7, 11) is 1.42. The van der Waals surface area contributed by atoms with Crippen LogP contribution in [-0.4, -0.2) is 70.8 Å². The Kier molecular flexibility index (Phi) is 5.66. The highest BCUT2D eigenvalue weighted by Gasteiger charge is 2.40. The third-order valence-corrected chi connectivity index (χ3v) is 6.48. The molecular weight excluding hydrogens is 464 g/mol. The van der Waals surface area contributed by atoms with Gasteiger partial charge in [-0.15, -0.1) is 0 Å². The first kappa shape index (κ1) is 23.1. The maximum absolute atomic E-state index is 15.4. The Hall–Kier alpha value is -3.61. The number of carbonyl (C=O) groups is 1. The number of pyridine rings is 2. The summed E-state index contributed by atoms with van der Waals surface area (Å²) in [4.78, 5) is 33.0. The average molecular weight is 487 g/mol. The number of aliphatic hydroxyl groups is 2. The molecule has 10 nitrogen and oxygen atoms in total. The molecule has 4 N–H and O–H groups in total. The Morgan fingerprint density at radius 2 is 1.91 bits per heavy atom. The molecule has 0 atom stereocenters. The molecule has 1 amide bonds. The van der Waals surface area contributed by atoms with Crippen molar-refractivity contribution in [1.82, 2.24) is 20.2 Å². The molecule has 0 saturated carbocycles. The van der Waals surface area contributed by atoms with Gasteiger partial charge in [0.25, 0.3) is 17.4 Å². The fourth-order valence-electron chi connectivity index (χ4n) is 4.60. The Bertz CT molecular complexity index is 1380. The third-order valence-electron chi connectivity index (χ3n) is 6.48. The third kappa shape index (κ3) is 3.79. The molecular formula is C23H23F2N5O5. The van der Waals surface area contributed by atoms with Crippen molar-refractivity contribution in [2.45, 2.75) is 12.3 Å². The van der Waals surface area contributed by atoms with Crippen molar-refractivity contribution in [3.8, 4) is 5.75 Å². The van der Waals surface area contributed by atoms with Crippen LogP contribution in [0.1, 0.15) is 21.6 Å². The molecule has 0 radical (unpaired) electrons. The maximum atomic E-state index is 15.4. The van der Waals surface area contributed by atoms with Gasteiger partial charge in [0.1, 0.15) is 11.4 Å². The van der Waals surface area contributed by atoms with Crippen LogP contribution < -0.4 is 20.5 Å². The normalized spacial score (nSPS) is 16.3. The summed E-state index contributed by atoms with van der Waals surface area (Å²) in [5.74, 6) is -4.67.